The van der Waals surface area contributed by atoms with Gasteiger partial charge in [-0.05, 0) is 127 Å². The van der Waals surface area contributed by atoms with E-state index in [1.807, 2.05) is 11.3 Å². The minimum Gasteiger partial charge on any atom is -0.310 e. The molecule has 0 spiro atoms. The molecule has 9 aromatic carbocycles. The number of hydrogen-bond acceptors (Lipinski definition) is 2. The van der Waals surface area contributed by atoms with Crippen LogP contribution in [0.4, 0.5) is 17.1 Å². The Labute approximate surface area is 325 Å². The van der Waals surface area contributed by atoms with E-state index in [2.05, 4.69) is 207 Å². The predicted molar refractivity (Wildman–Crippen MR) is 237 cm³/mol. The molecule has 0 aliphatic heterocycles. The number of benzene rings is 9. The van der Waals surface area contributed by atoms with Gasteiger partial charge in [0.25, 0.3) is 0 Å². The van der Waals surface area contributed by atoms with Gasteiger partial charge in [-0.15, -0.1) is 11.3 Å². The standard InChI is InChI=1S/C53H37NS/c1-53(2)49-16-7-5-13-44(49)45-28-26-42(33-50(45)53)54(41-27-29-52-48(32-41)46-14-6-8-17-51(46)55-52)40-24-22-35(23-25-40)38-20-19-36-12-9-15-43(47(36)31-38)39-21-18-34-10-3-4-11-37(34)30-39/h3-33H,1-2H3. The van der Waals surface area contributed by atoms with Crippen molar-refractivity contribution in [3.63, 3.8) is 0 Å². The molecular weight excluding hydrogens is 683 g/mol. The highest BCUT2D eigenvalue weighted by Crippen LogP contribution is 2.51. The second-order valence-electron chi connectivity index (χ2n) is 15.4. The lowest BCUT2D eigenvalue weighted by molar-refractivity contribution is 0.660. The minimum atomic E-state index is -0.0905. The van der Waals surface area contributed by atoms with E-state index in [9.17, 15) is 0 Å². The number of fused-ring (bicyclic) bond motifs is 8. The number of thiophene rings is 1. The molecule has 0 atom stereocenters. The van der Waals surface area contributed by atoms with Gasteiger partial charge >= 0.3 is 0 Å². The molecular formula is C53H37NS. The van der Waals surface area contributed by atoms with E-state index in [4.69, 9.17) is 0 Å². The molecule has 260 valence electrons. The van der Waals surface area contributed by atoms with Crippen LogP contribution < -0.4 is 4.90 Å². The molecule has 1 aliphatic rings. The molecule has 1 aliphatic carbocycles. The lowest BCUT2D eigenvalue weighted by atomic mass is 9.82. The first-order valence-corrected chi connectivity index (χ1v) is 19.9. The molecule has 0 radical (unpaired) electrons. The Bertz CT molecular complexity index is 3130. The summed E-state index contributed by atoms with van der Waals surface area (Å²) in [6.45, 7) is 4.72. The summed E-state index contributed by atoms with van der Waals surface area (Å²) in [5, 5.41) is 7.64. The average Bonchev–Trinajstić information content (AvgIpc) is 3.72. The van der Waals surface area contributed by atoms with Crippen LogP contribution in [0.5, 0.6) is 0 Å². The summed E-state index contributed by atoms with van der Waals surface area (Å²) in [5.74, 6) is 0. The Balaban J connectivity index is 1.03. The van der Waals surface area contributed by atoms with Crippen molar-refractivity contribution in [2.24, 2.45) is 0 Å². The monoisotopic (exact) mass is 719 g/mol. The van der Waals surface area contributed by atoms with Crippen LogP contribution in [0.1, 0.15) is 25.0 Å². The van der Waals surface area contributed by atoms with E-state index in [0.29, 0.717) is 0 Å². The molecule has 55 heavy (non-hydrogen) atoms. The number of anilines is 3. The Kier molecular flexibility index (Phi) is 7.14. The van der Waals surface area contributed by atoms with E-state index in [1.54, 1.807) is 0 Å². The fourth-order valence-electron chi connectivity index (χ4n) is 9.00. The van der Waals surface area contributed by atoms with Gasteiger partial charge in [-0.2, -0.15) is 0 Å². The smallest absolute Gasteiger partial charge is 0.0468 e. The first kappa shape index (κ1) is 32.0. The van der Waals surface area contributed by atoms with E-state index in [1.165, 1.54) is 86.2 Å². The summed E-state index contributed by atoms with van der Waals surface area (Å²) in [6.07, 6.45) is 0. The molecule has 11 rings (SSSR count). The van der Waals surface area contributed by atoms with Crippen molar-refractivity contribution in [3.8, 4) is 33.4 Å². The minimum absolute atomic E-state index is 0.0905. The zero-order chi connectivity index (χ0) is 36.7. The highest BCUT2D eigenvalue weighted by atomic mass is 32.1. The van der Waals surface area contributed by atoms with Crippen molar-refractivity contribution in [2.45, 2.75) is 19.3 Å². The zero-order valence-electron chi connectivity index (χ0n) is 30.8. The van der Waals surface area contributed by atoms with Crippen LogP contribution in [-0.4, -0.2) is 0 Å². The summed E-state index contributed by atoms with van der Waals surface area (Å²) in [6, 6.07) is 69.8. The van der Waals surface area contributed by atoms with Crippen molar-refractivity contribution in [1.29, 1.82) is 0 Å². The third-order valence-corrected chi connectivity index (χ3v) is 13.0. The van der Waals surface area contributed by atoms with Gasteiger partial charge in [-0.25, -0.2) is 0 Å². The second-order valence-corrected chi connectivity index (χ2v) is 16.4. The largest absolute Gasteiger partial charge is 0.310 e. The lowest BCUT2D eigenvalue weighted by Crippen LogP contribution is -2.16. The highest BCUT2D eigenvalue weighted by Gasteiger charge is 2.35. The number of hydrogen-bond donors (Lipinski definition) is 0. The first-order valence-electron chi connectivity index (χ1n) is 19.1. The maximum absolute atomic E-state index is 2.44. The third kappa shape index (κ3) is 5.13. The van der Waals surface area contributed by atoms with Gasteiger partial charge in [0.15, 0.2) is 0 Å². The van der Waals surface area contributed by atoms with Gasteiger partial charge < -0.3 is 4.90 Å². The van der Waals surface area contributed by atoms with E-state index < -0.39 is 0 Å². The summed E-state index contributed by atoms with van der Waals surface area (Å²) < 4.78 is 2.63. The summed E-state index contributed by atoms with van der Waals surface area (Å²) in [7, 11) is 0. The van der Waals surface area contributed by atoms with E-state index in [-0.39, 0.29) is 5.41 Å². The fourth-order valence-corrected chi connectivity index (χ4v) is 10.1. The van der Waals surface area contributed by atoms with Crippen molar-refractivity contribution in [3.05, 3.63) is 199 Å². The van der Waals surface area contributed by atoms with Crippen LogP contribution in [0.3, 0.4) is 0 Å². The summed E-state index contributed by atoms with van der Waals surface area (Å²) >= 11 is 1.86. The summed E-state index contributed by atoms with van der Waals surface area (Å²) in [4.78, 5) is 2.44. The Hall–Kier alpha value is -6.48. The van der Waals surface area contributed by atoms with Gasteiger partial charge in [0.05, 0.1) is 0 Å². The molecule has 1 heterocycles. The third-order valence-electron chi connectivity index (χ3n) is 11.8. The molecule has 0 fully saturated rings. The molecule has 2 heteroatoms. The molecule has 0 saturated carbocycles. The topological polar surface area (TPSA) is 3.24 Å². The van der Waals surface area contributed by atoms with Crippen molar-refractivity contribution in [1.82, 2.24) is 0 Å². The SMILES string of the molecule is CC1(C)c2ccccc2-c2ccc(N(c3ccc(-c4ccc5cccc(-c6ccc7ccccc7c6)c5c4)cc3)c3ccc4sc5ccccc5c4c3)cc21. The van der Waals surface area contributed by atoms with E-state index in [0.717, 1.165) is 17.1 Å². The summed E-state index contributed by atoms with van der Waals surface area (Å²) in [5.41, 5.74) is 13.7. The molecule has 0 N–H and O–H groups in total. The zero-order valence-corrected chi connectivity index (χ0v) is 31.6. The molecule has 1 nitrogen and oxygen atoms in total. The van der Waals surface area contributed by atoms with Gasteiger partial charge in [0, 0.05) is 42.6 Å². The van der Waals surface area contributed by atoms with Crippen molar-refractivity contribution >= 4 is 70.1 Å². The fraction of sp³-hybridized carbons (Fsp3) is 0.0566. The van der Waals surface area contributed by atoms with Crippen LogP contribution in [0.2, 0.25) is 0 Å². The Morgan fingerprint density at radius 2 is 1.00 bits per heavy atom. The maximum atomic E-state index is 2.44. The van der Waals surface area contributed by atoms with Gasteiger partial charge in [0.2, 0.25) is 0 Å². The Morgan fingerprint density at radius 3 is 1.91 bits per heavy atom. The van der Waals surface area contributed by atoms with Crippen molar-refractivity contribution in [2.75, 3.05) is 4.90 Å². The van der Waals surface area contributed by atoms with Gasteiger partial charge in [-0.3, -0.25) is 0 Å². The highest BCUT2D eigenvalue weighted by molar-refractivity contribution is 7.25. The molecule has 0 amide bonds. The second kappa shape index (κ2) is 12.3. The first-order chi connectivity index (χ1) is 27.0. The lowest BCUT2D eigenvalue weighted by Gasteiger charge is -2.28. The number of rotatable bonds is 5. The van der Waals surface area contributed by atoms with Crippen LogP contribution in [0.15, 0.2) is 188 Å². The van der Waals surface area contributed by atoms with Crippen LogP contribution in [-0.2, 0) is 5.41 Å². The molecule has 1 aromatic heterocycles. The maximum Gasteiger partial charge on any atom is 0.0468 e. The molecule has 0 saturated heterocycles. The normalized spacial score (nSPS) is 13.1. The van der Waals surface area contributed by atoms with Crippen LogP contribution in [0, 0.1) is 0 Å². The van der Waals surface area contributed by atoms with Crippen LogP contribution in [0.25, 0.3) is 75.1 Å². The Morgan fingerprint density at radius 1 is 0.364 bits per heavy atom. The molecule has 0 unspecified atom stereocenters. The molecule has 0 bridgehead atoms. The van der Waals surface area contributed by atoms with E-state index >= 15 is 0 Å². The van der Waals surface area contributed by atoms with Gasteiger partial charge in [0.1, 0.15) is 0 Å². The quantitative estimate of drug-likeness (QED) is 0.171. The number of nitrogens with zero attached hydrogens (tertiary/aromatic N) is 1. The van der Waals surface area contributed by atoms with Gasteiger partial charge in [-0.1, -0.05) is 141 Å². The van der Waals surface area contributed by atoms with Crippen molar-refractivity contribution < 1.29 is 0 Å². The average molecular weight is 720 g/mol. The van der Waals surface area contributed by atoms with Crippen LogP contribution >= 0.6 is 11.3 Å². The predicted octanol–water partition coefficient (Wildman–Crippen LogP) is 15.5. The molecule has 10 aromatic rings.